The van der Waals surface area contributed by atoms with Gasteiger partial charge in [-0.3, -0.25) is 0 Å². The van der Waals surface area contributed by atoms with Gasteiger partial charge in [-0.05, 0) is 23.8 Å². The lowest BCUT2D eigenvalue weighted by atomic mass is 10.1. The summed E-state index contributed by atoms with van der Waals surface area (Å²) in [6.45, 7) is 0. The van der Waals surface area contributed by atoms with E-state index in [0.717, 1.165) is 5.41 Å². The van der Waals surface area contributed by atoms with Crippen LogP contribution in [0.1, 0.15) is 16.7 Å². The van der Waals surface area contributed by atoms with Crippen LogP contribution in [0, 0.1) is 11.3 Å². The first-order chi connectivity index (χ1) is 13.4. The summed E-state index contributed by atoms with van der Waals surface area (Å²) < 4.78 is 46.0. The molecule has 8 heteroatoms. The normalized spacial score (nSPS) is 11.1. The van der Waals surface area contributed by atoms with Crippen molar-refractivity contribution in [2.45, 2.75) is 5.75 Å². The second kappa shape index (κ2) is 9.15. The van der Waals surface area contributed by atoms with E-state index in [1.54, 1.807) is 24.3 Å². The standard InChI is InChI=1S/C20H21NO6S/c1-24-16-10-19(26-3)17(20(11-16)27-4)7-8-28(22,23)13-14-5-6-18(25-2)15(9-14)12-21/h5-11H,13H2,1-4H3/b8-7+. The van der Waals surface area contributed by atoms with Crippen LogP contribution in [0.25, 0.3) is 6.08 Å². The fourth-order valence-electron chi connectivity index (χ4n) is 2.58. The summed E-state index contributed by atoms with van der Waals surface area (Å²) in [6.07, 6.45) is 1.42. The van der Waals surface area contributed by atoms with Gasteiger partial charge in [-0.15, -0.1) is 0 Å². The number of nitrogens with zero attached hydrogens (tertiary/aromatic N) is 1. The maximum atomic E-state index is 12.5. The molecule has 0 N–H and O–H groups in total. The summed E-state index contributed by atoms with van der Waals surface area (Å²) in [5.41, 5.74) is 1.23. The maximum absolute atomic E-state index is 12.5. The molecule has 0 saturated carbocycles. The molecule has 2 aromatic carbocycles. The Bertz CT molecular complexity index is 996. The highest BCUT2D eigenvalue weighted by Crippen LogP contribution is 2.35. The summed E-state index contributed by atoms with van der Waals surface area (Å²) in [6, 6.07) is 9.94. The van der Waals surface area contributed by atoms with Crippen LogP contribution in [0.4, 0.5) is 0 Å². The average Bonchev–Trinajstić information content (AvgIpc) is 2.71. The molecule has 0 aliphatic carbocycles. The average molecular weight is 403 g/mol. The molecule has 0 heterocycles. The Morgan fingerprint density at radius 1 is 0.929 bits per heavy atom. The number of benzene rings is 2. The van der Waals surface area contributed by atoms with Gasteiger partial charge in [0, 0.05) is 17.5 Å². The van der Waals surface area contributed by atoms with Crippen molar-refractivity contribution in [1.29, 1.82) is 5.26 Å². The van der Waals surface area contributed by atoms with E-state index in [-0.39, 0.29) is 11.3 Å². The number of rotatable bonds is 8. The number of methoxy groups -OCH3 is 4. The van der Waals surface area contributed by atoms with E-state index in [1.807, 2.05) is 6.07 Å². The highest BCUT2D eigenvalue weighted by molar-refractivity contribution is 7.93. The molecule has 0 spiro atoms. The topological polar surface area (TPSA) is 94.9 Å². The summed E-state index contributed by atoms with van der Waals surface area (Å²) in [5.74, 6) is 1.49. The fourth-order valence-corrected chi connectivity index (χ4v) is 3.67. The minimum atomic E-state index is -3.62. The van der Waals surface area contributed by atoms with E-state index in [4.69, 9.17) is 24.2 Å². The van der Waals surface area contributed by atoms with Crippen molar-refractivity contribution < 1.29 is 27.4 Å². The van der Waals surface area contributed by atoms with Gasteiger partial charge in [-0.2, -0.15) is 5.26 Å². The molecule has 0 fully saturated rings. The SMILES string of the molecule is COc1cc(OC)c(/C=C/S(=O)(=O)Cc2ccc(OC)c(C#N)c2)c(OC)c1. The lowest BCUT2D eigenvalue weighted by Gasteiger charge is -2.12. The molecule has 0 saturated heterocycles. The number of nitriles is 1. The zero-order chi connectivity index (χ0) is 20.7. The minimum absolute atomic E-state index is 0.261. The van der Waals surface area contributed by atoms with Crippen molar-refractivity contribution >= 4 is 15.9 Å². The number of ether oxygens (including phenoxy) is 4. The van der Waals surface area contributed by atoms with Crippen molar-refractivity contribution in [2.75, 3.05) is 28.4 Å². The van der Waals surface area contributed by atoms with Crippen molar-refractivity contribution in [3.8, 4) is 29.1 Å². The summed E-state index contributed by atoms with van der Waals surface area (Å²) in [7, 11) is 2.29. The third-order valence-corrected chi connectivity index (χ3v) is 5.23. The third-order valence-electron chi connectivity index (χ3n) is 3.95. The predicted molar refractivity (Wildman–Crippen MR) is 105 cm³/mol. The highest BCUT2D eigenvalue weighted by atomic mass is 32.2. The molecule has 0 atom stereocenters. The highest BCUT2D eigenvalue weighted by Gasteiger charge is 2.14. The van der Waals surface area contributed by atoms with Gasteiger partial charge < -0.3 is 18.9 Å². The van der Waals surface area contributed by atoms with Crippen LogP contribution in [0.3, 0.4) is 0 Å². The minimum Gasteiger partial charge on any atom is -0.496 e. The van der Waals surface area contributed by atoms with E-state index >= 15 is 0 Å². The second-order valence-corrected chi connectivity index (χ2v) is 7.59. The summed E-state index contributed by atoms with van der Waals surface area (Å²) in [4.78, 5) is 0. The van der Waals surface area contributed by atoms with Crippen LogP contribution in [0.15, 0.2) is 35.7 Å². The first-order valence-corrected chi connectivity index (χ1v) is 9.86. The maximum Gasteiger partial charge on any atom is 0.175 e. The molecule has 148 valence electrons. The van der Waals surface area contributed by atoms with Gasteiger partial charge in [0.05, 0.1) is 45.3 Å². The largest absolute Gasteiger partial charge is 0.496 e. The molecular weight excluding hydrogens is 382 g/mol. The fraction of sp³-hybridized carbons (Fsp3) is 0.250. The van der Waals surface area contributed by atoms with E-state index in [0.29, 0.717) is 34.1 Å². The molecular formula is C20H21NO6S. The summed E-state index contributed by atoms with van der Waals surface area (Å²) >= 11 is 0. The molecule has 0 aromatic heterocycles. The Morgan fingerprint density at radius 3 is 2.04 bits per heavy atom. The smallest absolute Gasteiger partial charge is 0.175 e. The molecule has 28 heavy (non-hydrogen) atoms. The first-order valence-electron chi connectivity index (χ1n) is 8.15. The van der Waals surface area contributed by atoms with Crippen molar-refractivity contribution in [1.82, 2.24) is 0 Å². The molecule has 2 aromatic rings. The Balaban J connectivity index is 2.34. The van der Waals surface area contributed by atoms with Crippen LogP contribution in [-0.2, 0) is 15.6 Å². The van der Waals surface area contributed by atoms with E-state index < -0.39 is 9.84 Å². The van der Waals surface area contributed by atoms with Gasteiger partial charge in [-0.1, -0.05) is 6.07 Å². The van der Waals surface area contributed by atoms with Crippen LogP contribution in [0.2, 0.25) is 0 Å². The summed E-state index contributed by atoms with van der Waals surface area (Å²) in [5, 5.41) is 10.2. The molecule has 7 nitrogen and oxygen atoms in total. The van der Waals surface area contributed by atoms with E-state index in [2.05, 4.69) is 0 Å². The molecule has 2 rings (SSSR count). The Labute approximate surface area is 164 Å². The number of hydrogen-bond donors (Lipinski definition) is 0. The lowest BCUT2D eigenvalue weighted by Crippen LogP contribution is -2.01. The zero-order valence-corrected chi connectivity index (χ0v) is 16.9. The van der Waals surface area contributed by atoms with Gasteiger partial charge in [0.15, 0.2) is 9.84 Å². The van der Waals surface area contributed by atoms with Gasteiger partial charge in [-0.25, -0.2) is 8.42 Å². The third kappa shape index (κ3) is 4.96. The number of hydrogen-bond acceptors (Lipinski definition) is 7. The zero-order valence-electron chi connectivity index (χ0n) is 16.1. The Kier molecular flexibility index (Phi) is 6.90. The predicted octanol–water partition coefficient (Wildman–Crippen LogP) is 3.18. The van der Waals surface area contributed by atoms with Crippen molar-refractivity contribution in [3.63, 3.8) is 0 Å². The van der Waals surface area contributed by atoms with E-state index in [1.165, 1.54) is 40.6 Å². The van der Waals surface area contributed by atoms with Gasteiger partial charge in [0.25, 0.3) is 0 Å². The van der Waals surface area contributed by atoms with Crippen LogP contribution in [-0.4, -0.2) is 36.9 Å². The molecule has 0 unspecified atom stereocenters. The second-order valence-electron chi connectivity index (χ2n) is 5.70. The monoisotopic (exact) mass is 403 g/mol. The lowest BCUT2D eigenvalue weighted by molar-refractivity contribution is 0.374. The van der Waals surface area contributed by atoms with Gasteiger partial charge >= 0.3 is 0 Å². The van der Waals surface area contributed by atoms with Crippen LogP contribution < -0.4 is 18.9 Å². The van der Waals surface area contributed by atoms with E-state index in [9.17, 15) is 8.42 Å². The quantitative estimate of drug-likeness (QED) is 0.668. The number of sulfone groups is 1. The molecule has 0 amide bonds. The Hall–Kier alpha value is -3.18. The molecule has 0 aliphatic heterocycles. The molecule has 0 radical (unpaired) electrons. The molecule has 0 bridgehead atoms. The van der Waals surface area contributed by atoms with Gasteiger partial charge in [0.2, 0.25) is 0 Å². The van der Waals surface area contributed by atoms with Crippen molar-refractivity contribution in [2.24, 2.45) is 0 Å². The van der Waals surface area contributed by atoms with Crippen molar-refractivity contribution in [3.05, 3.63) is 52.4 Å². The van der Waals surface area contributed by atoms with Gasteiger partial charge in [0.1, 0.15) is 29.1 Å². The van der Waals surface area contributed by atoms with Crippen LogP contribution >= 0.6 is 0 Å². The van der Waals surface area contributed by atoms with Crippen LogP contribution in [0.5, 0.6) is 23.0 Å². The first kappa shape index (κ1) is 21.1. The molecule has 0 aliphatic rings. The Morgan fingerprint density at radius 2 is 1.54 bits per heavy atom.